The number of fused-ring (bicyclic) bond motifs is 5. The third kappa shape index (κ3) is 9.69. The van der Waals surface area contributed by atoms with E-state index < -0.39 is 11.8 Å². The minimum atomic E-state index is -0.405. The fourth-order valence-electron chi connectivity index (χ4n) is 13.0. The molecule has 2 amide bonds. The van der Waals surface area contributed by atoms with E-state index in [-0.39, 0.29) is 32.7 Å². The molecule has 0 saturated heterocycles. The van der Waals surface area contributed by atoms with Crippen molar-refractivity contribution in [3.63, 3.8) is 0 Å². The van der Waals surface area contributed by atoms with Crippen LogP contribution in [0.5, 0.6) is 11.5 Å². The van der Waals surface area contributed by atoms with Crippen LogP contribution in [-0.4, -0.2) is 35.1 Å². The van der Waals surface area contributed by atoms with Gasteiger partial charge in [-0.15, -0.1) is 0 Å². The van der Waals surface area contributed by atoms with Crippen molar-refractivity contribution in [1.82, 2.24) is 10.6 Å². The zero-order valence-corrected chi connectivity index (χ0v) is 38.7. The summed E-state index contributed by atoms with van der Waals surface area (Å²) in [5.74, 6) is 5.22. The Balaban J connectivity index is 1.20. The minimum Gasteiger partial charge on any atom is -0.506 e. The zero-order chi connectivity index (χ0) is 42.6. The predicted molar refractivity (Wildman–Crippen MR) is 244 cm³/mol. The monoisotopic (exact) mass is 849 g/mol. The van der Waals surface area contributed by atoms with Crippen LogP contribution < -0.4 is 10.6 Å². The third-order valence-electron chi connectivity index (χ3n) is 16.2. The van der Waals surface area contributed by atoms with Crippen LogP contribution in [0.25, 0.3) is 5.57 Å². The van der Waals surface area contributed by atoms with Crippen LogP contribution in [0.2, 0.25) is 10.0 Å². The largest absolute Gasteiger partial charge is 0.506 e. The van der Waals surface area contributed by atoms with Crippen LogP contribution in [0.15, 0.2) is 30.3 Å². The van der Waals surface area contributed by atoms with Gasteiger partial charge in [-0.25, -0.2) is 0 Å². The number of nitrogens with one attached hydrogen (secondary N) is 2. The van der Waals surface area contributed by atoms with E-state index in [9.17, 15) is 19.8 Å². The fraction of sp³-hybridized carbons (Fsp3) is 0.686. The number of allylic oxidation sites excluding steroid dienone is 1. The number of phenols is 2. The summed E-state index contributed by atoms with van der Waals surface area (Å²) in [7, 11) is 0. The molecule has 4 aliphatic rings. The lowest BCUT2D eigenvalue weighted by Crippen LogP contribution is -2.53. The molecule has 2 aromatic rings. The Labute approximate surface area is 366 Å². The molecule has 8 heteroatoms. The summed E-state index contributed by atoms with van der Waals surface area (Å²) >= 11 is 13.2. The number of aromatic hydroxyl groups is 2. The molecular formula is C51H74Cl2N2O4. The Morgan fingerprint density at radius 1 is 0.780 bits per heavy atom. The average Bonchev–Trinajstić information content (AvgIpc) is 3.57. The molecular weight excluding hydrogens is 775 g/mol. The molecule has 0 aromatic heterocycles. The highest BCUT2D eigenvalue weighted by Gasteiger charge is 2.60. The van der Waals surface area contributed by atoms with Crippen LogP contribution in [0.1, 0.15) is 183 Å². The van der Waals surface area contributed by atoms with Crippen LogP contribution >= 0.6 is 23.2 Å². The highest BCUT2D eigenvalue weighted by molar-refractivity contribution is 6.33. The van der Waals surface area contributed by atoms with Crippen molar-refractivity contribution in [1.29, 1.82) is 0 Å². The molecule has 0 heterocycles. The van der Waals surface area contributed by atoms with E-state index in [1.54, 1.807) is 24.3 Å². The van der Waals surface area contributed by atoms with Crippen LogP contribution in [0.3, 0.4) is 0 Å². The number of carbonyl (C=O) groups excluding carboxylic acids is 2. The molecule has 59 heavy (non-hydrogen) atoms. The zero-order valence-electron chi connectivity index (χ0n) is 37.2. The molecule has 6 nitrogen and oxygen atoms in total. The summed E-state index contributed by atoms with van der Waals surface area (Å²) in [5.41, 5.74) is 3.14. The van der Waals surface area contributed by atoms with Gasteiger partial charge in [0.25, 0.3) is 11.8 Å². The van der Waals surface area contributed by atoms with Gasteiger partial charge >= 0.3 is 0 Å². The molecule has 9 atom stereocenters. The lowest BCUT2D eigenvalue weighted by molar-refractivity contribution is -0.121. The van der Waals surface area contributed by atoms with Crippen molar-refractivity contribution in [3.8, 4) is 11.5 Å². The molecule has 4 saturated carbocycles. The maximum Gasteiger partial charge on any atom is 0.255 e. The lowest BCUT2D eigenvalue weighted by atomic mass is 9.44. The summed E-state index contributed by atoms with van der Waals surface area (Å²) in [6.07, 6.45) is 22.0. The molecule has 4 aliphatic carbocycles. The Morgan fingerprint density at radius 3 is 1.93 bits per heavy atom. The normalized spacial score (nSPS) is 29.3. The summed E-state index contributed by atoms with van der Waals surface area (Å²) < 4.78 is 0. The molecule has 4 N–H and O–H groups in total. The average molecular weight is 850 g/mol. The summed E-state index contributed by atoms with van der Waals surface area (Å²) in [6, 6.07) is 6.65. The van der Waals surface area contributed by atoms with Gasteiger partial charge in [0.2, 0.25) is 0 Å². The first-order valence-corrected chi connectivity index (χ1v) is 24.2. The van der Waals surface area contributed by atoms with Crippen molar-refractivity contribution in [2.24, 2.45) is 58.2 Å². The Kier molecular flexibility index (Phi) is 15.2. The topological polar surface area (TPSA) is 98.7 Å². The van der Waals surface area contributed by atoms with Gasteiger partial charge in [0.15, 0.2) is 0 Å². The van der Waals surface area contributed by atoms with E-state index in [1.807, 2.05) is 13.8 Å². The van der Waals surface area contributed by atoms with Crippen molar-refractivity contribution in [2.45, 2.75) is 151 Å². The SMILES string of the molecule is CCCNC(=O)c1cc(C(=CCC[C@H]2CC[C@@]3(C)C(CCC4C3CC[C@@]3(C)C4CC[C@@H]3C(C)CCCC(C)C)C2)c2cc(Cl)c(O)c(C(=O)NCCC)c2)cc(Cl)c1O. The van der Waals surface area contributed by atoms with E-state index in [0.29, 0.717) is 41.0 Å². The molecule has 0 bridgehead atoms. The van der Waals surface area contributed by atoms with Crippen molar-refractivity contribution in [2.75, 3.05) is 13.1 Å². The molecule has 4 fully saturated rings. The quantitative estimate of drug-likeness (QED) is 0.135. The number of halogens is 2. The minimum absolute atomic E-state index is 0.0651. The van der Waals surface area contributed by atoms with Crippen molar-refractivity contribution in [3.05, 3.63) is 62.6 Å². The Hall–Kier alpha value is -2.70. The summed E-state index contributed by atoms with van der Waals surface area (Å²) in [5, 5.41) is 27.6. The van der Waals surface area contributed by atoms with Crippen LogP contribution in [0, 0.1) is 58.2 Å². The highest BCUT2D eigenvalue weighted by atomic mass is 35.5. The van der Waals surface area contributed by atoms with Gasteiger partial charge in [-0.2, -0.15) is 0 Å². The van der Waals surface area contributed by atoms with Gasteiger partial charge in [-0.1, -0.05) is 97.0 Å². The Bertz CT molecular complexity index is 1760. The summed E-state index contributed by atoms with van der Waals surface area (Å²) in [4.78, 5) is 26.4. The van der Waals surface area contributed by atoms with Gasteiger partial charge in [0, 0.05) is 13.1 Å². The van der Waals surface area contributed by atoms with Crippen LogP contribution in [0.4, 0.5) is 0 Å². The fourth-order valence-corrected chi connectivity index (χ4v) is 13.5. The maximum atomic E-state index is 13.2. The van der Waals surface area contributed by atoms with E-state index in [0.717, 1.165) is 72.7 Å². The number of benzene rings is 2. The second-order valence-electron chi connectivity index (χ2n) is 20.2. The first-order chi connectivity index (χ1) is 28.1. The smallest absolute Gasteiger partial charge is 0.255 e. The molecule has 326 valence electrons. The van der Waals surface area contributed by atoms with E-state index >= 15 is 0 Å². The lowest BCUT2D eigenvalue weighted by Gasteiger charge is -2.61. The van der Waals surface area contributed by atoms with Gasteiger partial charge in [0.05, 0.1) is 21.2 Å². The third-order valence-corrected chi connectivity index (χ3v) is 16.8. The number of hydrogen-bond acceptors (Lipinski definition) is 4. The van der Waals surface area contributed by atoms with E-state index in [4.69, 9.17) is 23.2 Å². The van der Waals surface area contributed by atoms with Gasteiger partial charge in [-0.05, 0) is 183 Å². The Morgan fingerprint density at radius 2 is 1.36 bits per heavy atom. The van der Waals surface area contributed by atoms with Gasteiger partial charge in [0.1, 0.15) is 11.5 Å². The molecule has 0 radical (unpaired) electrons. The predicted octanol–water partition coefficient (Wildman–Crippen LogP) is 13.6. The number of hydrogen-bond donors (Lipinski definition) is 4. The highest BCUT2D eigenvalue weighted by Crippen LogP contribution is 2.69. The number of amides is 2. The first kappa shape index (κ1) is 45.8. The second kappa shape index (κ2) is 19.6. The molecule has 5 unspecified atom stereocenters. The van der Waals surface area contributed by atoms with Crippen molar-refractivity contribution >= 4 is 40.6 Å². The number of phenolic OH excluding ortho intramolecular Hbond substituents is 2. The van der Waals surface area contributed by atoms with Gasteiger partial charge in [-0.3, -0.25) is 9.59 Å². The van der Waals surface area contributed by atoms with Crippen LogP contribution in [-0.2, 0) is 0 Å². The van der Waals surface area contributed by atoms with Gasteiger partial charge < -0.3 is 20.8 Å². The molecule has 2 aromatic carbocycles. The van der Waals surface area contributed by atoms with E-state index in [2.05, 4.69) is 51.3 Å². The maximum absolute atomic E-state index is 13.2. The standard InChI is InChI=1S/C51H74Cl2N2O4/c1-8-24-54-48(58)39-27-34(29-44(52)46(39)56)37(35-28-40(47(57)45(53)30-35)49(59)55-25-9-2)15-11-14-33-20-22-50(6)36(26-33)16-17-38-42-19-18-41(32(5)13-10-12-31(3)4)51(42,7)23-21-43(38)50/h15,27-33,36,38,41-43,56-57H,8-14,16-26H2,1-7H3,(H,54,58)(H,55,59)/t32?,33-,36?,38?,41+,42?,43?,50-,51+/m0/s1. The molecule has 0 spiro atoms. The molecule has 6 rings (SSSR count). The van der Waals surface area contributed by atoms with Crippen molar-refractivity contribution < 1.29 is 19.8 Å². The first-order valence-electron chi connectivity index (χ1n) is 23.4. The number of carbonyl (C=O) groups is 2. The second-order valence-corrected chi connectivity index (χ2v) is 21.1. The summed E-state index contributed by atoms with van der Waals surface area (Å²) in [6.45, 7) is 17.6. The number of rotatable bonds is 16. The molecule has 0 aliphatic heterocycles. The van der Waals surface area contributed by atoms with E-state index in [1.165, 1.54) is 77.0 Å².